The summed E-state index contributed by atoms with van der Waals surface area (Å²) in [4.78, 5) is 22.8. The molecule has 0 bridgehead atoms. The van der Waals surface area contributed by atoms with E-state index in [4.69, 9.17) is 33.3 Å². The minimum absolute atomic E-state index is 0.00818. The summed E-state index contributed by atoms with van der Waals surface area (Å²) >= 11 is 0. The van der Waals surface area contributed by atoms with Crippen LogP contribution in [0.5, 0.6) is 11.5 Å². The number of nitrogens with two attached hydrogens (primary N) is 1. The van der Waals surface area contributed by atoms with Crippen LogP contribution in [-0.4, -0.2) is 50.6 Å². The molecular formula is C30H41N5O9P2. The summed E-state index contributed by atoms with van der Waals surface area (Å²) in [6.07, 6.45) is 2.06. The first-order valence-corrected chi connectivity index (χ1v) is 18.0. The summed E-state index contributed by atoms with van der Waals surface area (Å²) in [5.74, 6) is 2.31. The molecule has 0 aliphatic heterocycles. The molecule has 1 atom stereocenters. The van der Waals surface area contributed by atoms with Crippen LogP contribution in [0, 0.1) is 11.8 Å². The minimum Gasteiger partial charge on any atom is -0.493 e. The monoisotopic (exact) mass is 677 g/mol. The van der Waals surface area contributed by atoms with Gasteiger partial charge in [-0.25, -0.2) is 23.8 Å². The lowest BCUT2D eigenvalue weighted by Gasteiger charge is -2.21. The number of nitrogen functional groups attached to an aromatic ring is 1. The number of benzene rings is 2. The van der Waals surface area contributed by atoms with Crippen LogP contribution < -0.4 is 15.2 Å². The Balaban J connectivity index is 1.37. The van der Waals surface area contributed by atoms with Crippen LogP contribution in [0.15, 0.2) is 61.2 Å². The molecule has 2 aromatic carbocycles. The fraction of sp³-hybridized carbons (Fsp3) is 0.433. The summed E-state index contributed by atoms with van der Waals surface area (Å²) in [5.41, 5.74) is 7.98. The van der Waals surface area contributed by atoms with Gasteiger partial charge in [-0.2, -0.15) is 0 Å². The van der Waals surface area contributed by atoms with E-state index in [1.165, 1.54) is 12.7 Å². The second-order valence-corrected chi connectivity index (χ2v) is 14.9. The van der Waals surface area contributed by atoms with E-state index in [9.17, 15) is 14.0 Å². The molecule has 1 unspecified atom stereocenters. The number of phosphoric acid groups is 1. The number of ether oxygens (including phenoxy) is 3. The minimum atomic E-state index is -4.62. The highest BCUT2D eigenvalue weighted by molar-refractivity contribution is 7.64. The lowest BCUT2D eigenvalue weighted by molar-refractivity contribution is 0.121. The van der Waals surface area contributed by atoms with Gasteiger partial charge in [-0.3, -0.25) is 13.6 Å². The van der Waals surface area contributed by atoms with Gasteiger partial charge in [-0.05, 0) is 47.2 Å². The van der Waals surface area contributed by atoms with Gasteiger partial charge < -0.3 is 29.4 Å². The van der Waals surface area contributed by atoms with Crippen LogP contribution in [0.1, 0.15) is 38.8 Å². The number of hydrogen-bond donors (Lipinski definition) is 2. The molecule has 2 heterocycles. The Labute approximate surface area is 268 Å². The van der Waals surface area contributed by atoms with Gasteiger partial charge >= 0.3 is 15.4 Å². The van der Waals surface area contributed by atoms with Gasteiger partial charge in [0.25, 0.3) is 0 Å². The molecule has 3 N–H and O–H groups in total. The fourth-order valence-corrected chi connectivity index (χ4v) is 6.73. The number of imidazole rings is 1. The van der Waals surface area contributed by atoms with E-state index >= 15 is 0 Å². The predicted molar refractivity (Wildman–Crippen MR) is 172 cm³/mol. The first-order valence-electron chi connectivity index (χ1n) is 14.8. The molecular weight excluding hydrogens is 636 g/mol. The standard InChI is InChI=1S/C30H41N5O9P2/c1-22(2)15-40-26-9-5-24(6-10-26)17-42-46(38,43-18-25-7-11-27(12-8-25)41-16-23(3)4)44-45(36,37)21-39-14-13-35-20-34-28-29(31)32-19-33-30(28)35/h5-12,19-20,22-23H,13-18,21H2,1-4H3,(H,36,37)(H2,31,32,33). The Bertz CT molecular complexity index is 1570. The van der Waals surface area contributed by atoms with Crippen LogP contribution in [-0.2, 0) is 47.0 Å². The van der Waals surface area contributed by atoms with E-state index in [2.05, 4.69) is 15.0 Å². The molecule has 250 valence electrons. The summed E-state index contributed by atoms with van der Waals surface area (Å²) in [6, 6.07) is 13.9. The van der Waals surface area contributed by atoms with E-state index in [-0.39, 0.29) is 32.2 Å². The zero-order valence-electron chi connectivity index (χ0n) is 26.4. The molecule has 16 heteroatoms. The van der Waals surface area contributed by atoms with Gasteiger partial charge in [-0.1, -0.05) is 52.0 Å². The zero-order chi connectivity index (χ0) is 33.2. The van der Waals surface area contributed by atoms with Gasteiger partial charge in [-0.15, -0.1) is 0 Å². The maximum absolute atomic E-state index is 13.7. The first-order chi connectivity index (χ1) is 21.9. The maximum atomic E-state index is 13.7. The van der Waals surface area contributed by atoms with Crippen molar-refractivity contribution in [1.29, 1.82) is 0 Å². The lowest BCUT2D eigenvalue weighted by atomic mass is 10.2. The van der Waals surface area contributed by atoms with Crippen molar-refractivity contribution in [2.45, 2.75) is 47.5 Å². The molecule has 0 saturated heterocycles. The number of fused-ring (bicyclic) bond motifs is 1. The van der Waals surface area contributed by atoms with E-state index < -0.39 is 21.8 Å². The highest BCUT2D eigenvalue weighted by atomic mass is 31.3. The highest BCUT2D eigenvalue weighted by Gasteiger charge is 2.37. The van der Waals surface area contributed by atoms with Gasteiger partial charge in [0.05, 0.1) is 39.4 Å². The lowest BCUT2D eigenvalue weighted by Crippen LogP contribution is -2.08. The topological polar surface area (TPSA) is 179 Å². The van der Waals surface area contributed by atoms with E-state index in [0.717, 1.165) is 0 Å². The van der Waals surface area contributed by atoms with Crippen molar-refractivity contribution in [3.8, 4) is 11.5 Å². The average Bonchev–Trinajstić information content (AvgIpc) is 3.44. The van der Waals surface area contributed by atoms with Gasteiger partial charge in [0.15, 0.2) is 11.5 Å². The Morgan fingerprint density at radius 2 is 1.37 bits per heavy atom. The number of nitrogens with zero attached hydrogens (tertiary/aromatic N) is 4. The van der Waals surface area contributed by atoms with Crippen LogP contribution in [0.25, 0.3) is 11.2 Å². The average molecular weight is 678 g/mol. The van der Waals surface area contributed by atoms with Gasteiger partial charge in [0.1, 0.15) is 29.7 Å². The molecule has 0 saturated carbocycles. The Hall–Kier alpha value is -3.35. The van der Waals surface area contributed by atoms with Crippen molar-refractivity contribution in [3.05, 3.63) is 72.3 Å². The number of anilines is 1. The summed E-state index contributed by atoms with van der Waals surface area (Å²) in [7, 11) is -9.20. The Morgan fingerprint density at radius 1 is 0.826 bits per heavy atom. The van der Waals surface area contributed by atoms with E-state index in [1.54, 1.807) is 53.1 Å². The number of rotatable bonds is 19. The second-order valence-electron chi connectivity index (χ2n) is 11.3. The molecule has 4 aromatic rings. The molecule has 14 nitrogen and oxygen atoms in total. The molecule has 46 heavy (non-hydrogen) atoms. The van der Waals surface area contributed by atoms with E-state index in [0.29, 0.717) is 58.8 Å². The molecule has 0 aliphatic rings. The number of phosphoric ester groups is 1. The summed E-state index contributed by atoms with van der Waals surface area (Å²) in [5, 5.41) is 0. The van der Waals surface area contributed by atoms with Crippen LogP contribution in [0.4, 0.5) is 5.82 Å². The van der Waals surface area contributed by atoms with E-state index in [1.807, 2.05) is 27.7 Å². The SMILES string of the molecule is CC(C)COc1ccc(COP(=O)(OCc2ccc(OCC(C)C)cc2)OP(=O)(O)COCCn2cnc3c(N)ncnc32)cc1. The van der Waals surface area contributed by atoms with Crippen molar-refractivity contribution < 1.29 is 41.6 Å². The molecule has 2 aromatic heterocycles. The van der Waals surface area contributed by atoms with Crippen LogP contribution in [0.2, 0.25) is 0 Å². The molecule has 0 aliphatic carbocycles. The normalized spacial score (nSPS) is 13.4. The smallest absolute Gasteiger partial charge is 0.482 e. The largest absolute Gasteiger partial charge is 0.493 e. The first kappa shape index (κ1) is 35.5. The summed E-state index contributed by atoms with van der Waals surface area (Å²) < 4.78 is 61.4. The Kier molecular flexibility index (Phi) is 12.7. The zero-order valence-corrected chi connectivity index (χ0v) is 28.1. The molecule has 0 fully saturated rings. The third-order valence-electron chi connectivity index (χ3n) is 6.18. The second kappa shape index (κ2) is 16.5. The predicted octanol–water partition coefficient (Wildman–Crippen LogP) is 6.20. The summed E-state index contributed by atoms with van der Waals surface area (Å²) in [6.45, 7) is 9.12. The van der Waals surface area contributed by atoms with Crippen LogP contribution in [0.3, 0.4) is 0 Å². The third-order valence-corrected chi connectivity index (χ3v) is 9.40. The molecule has 0 spiro atoms. The van der Waals surface area contributed by atoms with Crippen LogP contribution >= 0.6 is 15.4 Å². The van der Waals surface area contributed by atoms with Gasteiger partial charge in [0, 0.05) is 6.54 Å². The van der Waals surface area contributed by atoms with Crippen molar-refractivity contribution in [2.75, 3.05) is 31.9 Å². The molecule has 4 rings (SSSR count). The quantitative estimate of drug-likeness (QED) is 0.0847. The fourth-order valence-electron chi connectivity index (χ4n) is 3.87. The third kappa shape index (κ3) is 11.2. The van der Waals surface area contributed by atoms with Crippen molar-refractivity contribution in [2.24, 2.45) is 11.8 Å². The van der Waals surface area contributed by atoms with Crippen molar-refractivity contribution in [3.63, 3.8) is 0 Å². The van der Waals surface area contributed by atoms with Gasteiger partial charge in [0.2, 0.25) is 0 Å². The number of aromatic nitrogens is 4. The highest BCUT2D eigenvalue weighted by Crippen LogP contribution is 2.63. The van der Waals surface area contributed by atoms with Crippen molar-refractivity contribution >= 4 is 32.4 Å². The Morgan fingerprint density at radius 3 is 1.89 bits per heavy atom. The number of hydrogen-bond acceptors (Lipinski definition) is 12. The maximum Gasteiger partial charge on any atom is 0.482 e. The molecule has 0 radical (unpaired) electrons. The van der Waals surface area contributed by atoms with Crippen molar-refractivity contribution in [1.82, 2.24) is 19.5 Å². The molecule has 0 amide bonds.